The molecule has 0 aliphatic heterocycles. The second kappa shape index (κ2) is 6.48. The summed E-state index contributed by atoms with van der Waals surface area (Å²) in [6, 6.07) is 14.8. The summed E-state index contributed by atoms with van der Waals surface area (Å²) in [4.78, 5) is 4.91. The highest BCUT2D eigenvalue weighted by Crippen LogP contribution is 2.36. The van der Waals surface area contributed by atoms with Crippen LogP contribution in [0.15, 0.2) is 42.5 Å². The SMILES string of the molecule is CCc1cccc2nc(-c3ccccc3Cl)c(NC3CCCC3)n12. The van der Waals surface area contributed by atoms with Crippen molar-refractivity contribution in [2.45, 2.75) is 45.1 Å². The lowest BCUT2D eigenvalue weighted by Gasteiger charge is -2.16. The van der Waals surface area contributed by atoms with Crippen molar-refractivity contribution in [1.82, 2.24) is 9.38 Å². The van der Waals surface area contributed by atoms with Gasteiger partial charge in [-0.15, -0.1) is 0 Å². The number of aryl methyl sites for hydroxylation is 1. The highest BCUT2D eigenvalue weighted by Gasteiger charge is 2.22. The molecule has 4 heteroatoms. The largest absolute Gasteiger partial charge is 0.367 e. The lowest BCUT2D eigenvalue weighted by molar-refractivity contribution is 0.747. The standard InChI is InChI=1S/C20H22ClN3/c1-2-15-10-7-13-18-23-19(16-11-5-6-12-17(16)21)20(24(15)18)22-14-8-3-4-9-14/h5-7,10-14,22H,2-4,8-9H2,1H3. The first kappa shape index (κ1) is 15.5. The Morgan fingerprint density at radius 2 is 1.92 bits per heavy atom. The molecule has 0 spiro atoms. The maximum absolute atomic E-state index is 6.47. The second-order valence-electron chi connectivity index (χ2n) is 6.48. The van der Waals surface area contributed by atoms with E-state index in [4.69, 9.17) is 16.6 Å². The summed E-state index contributed by atoms with van der Waals surface area (Å²) in [5.74, 6) is 1.09. The van der Waals surface area contributed by atoms with E-state index in [0.29, 0.717) is 6.04 Å². The lowest BCUT2D eigenvalue weighted by atomic mass is 10.1. The van der Waals surface area contributed by atoms with Crippen LogP contribution in [0.2, 0.25) is 5.02 Å². The fourth-order valence-corrected chi connectivity index (χ4v) is 3.90. The summed E-state index contributed by atoms with van der Waals surface area (Å²) >= 11 is 6.47. The Bertz CT molecular complexity index is 862. The zero-order chi connectivity index (χ0) is 16.5. The number of imidazole rings is 1. The molecule has 1 saturated carbocycles. The van der Waals surface area contributed by atoms with Crippen molar-refractivity contribution in [1.29, 1.82) is 0 Å². The number of anilines is 1. The van der Waals surface area contributed by atoms with Crippen LogP contribution in [0.5, 0.6) is 0 Å². The lowest BCUT2D eigenvalue weighted by Crippen LogP contribution is -2.17. The minimum atomic E-state index is 0.524. The quantitative estimate of drug-likeness (QED) is 0.673. The first-order valence-corrected chi connectivity index (χ1v) is 9.17. The molecule has 2 aromatic heterocycles. The summed E-state index contributed by atoms with van der Waals surface area (Å²) in [6.07, 6.45) is 6.02. The van der Waals surface area contributed by atoms with E-state index in [1.807, 2.05) is 18.2 Å². The molecule has 0 atom stereocenters. The average molecular weight is 340 g/mol. The Balaban J connectivity index is 1.93. The molecule has 0 unspecified atom stereocenters. The Kier molecular flexibility index (Phi) is 4.19. The summed E-state index contributed by atoms with van der Waals surface area (Å²) in [5, 5.41) is 4.52. The maximum Gasteiger partial charge on any atom is 0.139 e. The molecule has 24 heavy (non-hydrogen) atoms. The molecule has 1 aromatic carbocycles. The van der Waals surface area contributed by atoms with Crippen molar-refractivity contribution < 1.29 is 0 Å². The topological polar surface area (TPSA) is 29.3 Å². The number of aromatic nitrogens is 2. The van der Waals surface area contributed by atoms with Gasteiger partial charge in [0.05, 0.1) is 5.02 Å². The predicted octanol–water partition coefficient (Wildman–Crippen LogP) is 5.57. The highest BCUT2D eigenvalue weighted by atomic mass is 35.5. The number of hydrogen-bond donors (Lipinski definition) is 1. The normalized spacial score (nSPS) is 15.2. The molecule has 0 radical (unpaired) electrons. The number of halogens is 1. The fourth-order valence-electron chi connectivity index (χ4n) is 3.67. The predicted molar refractivity (Wildman–Crippen MR) is 101 cm³/mol. The second-order valence-corrected chi connectivity index (χ2v) is 6.89. The monoisotopic (exact) mass is 339 g/mol. The van der Waals surface area contributed by atoms with Gasteiger partial charge in [0.15, 0.2) is 0 Å². The molecule has 0 amide bonds. The molecule has 0 saturated heterocycles. The van der Waals surface area contributed by atoms with Crippen LogP contribution in [0.3, 0.4) is 0 Å². The van der Waals surface area contributed by atoms with Gasteiger partial charge in [0, 0.05) is 17.3 Å². The molecule has 1 aliphatic rings. The summed E-state index contributed by atoms with van der Waals surface area (Å²) in [6.45, 7) is 2.18. The van der Waals surface area contributed by atoms with Gasteiger partial charge in [-0.25, -0.2) is 4.98 Å². The summed E-state index contributed by atoms with van der Waals surface area (Å²) < 4.78 is 2.26. The first-order chi connectivity index (χ1) is 11.8. The third kappa shape index (κ3) is 2.67. The molecule has 2 heterocycles. The molecule has 1 fully saturated rings. The molecule has 124 valence electrons. The van der Waals surface area contributed by atoms with Gasteiger partial charge >= 0.3 is 0 Å². The van der Waals surface area contributed by atoms with Gasteiger partial charge in [-0.2, -0.15) is 0 Å². The van der Waals surface area contributed by atoms with E-state index in [9.17, 15) is 0 Å². The van der Waals surface area contributed by atoms with Gasteiger partial charge in [0.2, 0.25) is 0 Å². The van der Waals surface area contributed by atoms with Gasteiger partial charge in [-0.1, -0.05) is 55.6 Å². The Morgan fingerprint density at radius 1 is 1.12 bits per heavy atom. The Hall–Kier alpha value is -2.00. The molecule has 3 nitrogen and oxygen atoms in total. The minimum absolute atomic E-state index is 0.524. The van der Waals surface area contributed by atoms with E-state index >= 15 is 0 Å². The number of hydrogen-bond acceptors (Lipinski definition) is 2. The van der Waals surface area contributed by atoms with E-state index in [-0.39, 0.29) is 0 Å². The maximum atomic E-state index is 6.47. The van der Waals surface area contributed by atoms with Crippen LogP contribution in [-0.2, 0) is 6.42 Å². The summed E-state index contributed by atoms with van der Waals surface area (Å²) in [7, 11) is 0. The molecule has 4 rings (SSSR count). The van der Waals surface area contributed by atoms with Gasteiger partial charge in [0.1, 0.15) is 17.2 Å². The number of pyridine rings is 1. The third-order valence-corrected chi connectivity index (χ3v) is 5.24. The number of nitrogens with one attached hydrogen (secondary N) is 1. The Labute approximate surface area is 147 Å². The smallest absolute Gasteiger partial charge is 0.139 e. The number of benzene rings is 1. The molecular formula is C20H22ClN3. The zero-order valence-corrected chi connectivity index (χ0v) is 14.7. The van der Waals surface area contributed by atoms with E-state index in [0.717, 1.165) is 34.2 Å². The molecule has 3 aromatic rings. The van der Waals surface area contributed by atoms with Crippen LogP contribution < -0.4 is 5.32 Å². The molecule has 1 N–H and O–H groups in total. The van der Waals surface area contributed by atoms with E-state index < -0.39 is 0 Å². The van der Waals surface area contributed by atoms with Gasteiger partial charge in [-0.05, 0) is 37.5 Å². The van der Waals surface area contributed by atoms with Crippen molar-refractivity contribution in [3.8, 4) is 11.3 Å². The van der Waals surface area contributed by atoms with Gasteiger partial charge < -0.3 is 5.32 Å². The van der Waals surface area contributed by atoms with Crippen LogP contribution >= 0.6 is 11.6 Å². The van der Waals surface area contributed by atoms with Crippen LogP contribution in [0.25, 0.3) is 16.9 Å². The number of rotatable bonds is 4. The van der Waals surface area contributed by atoms with Crippen LogP contribution in [0.4, 0.5) is 5.82 Å². The number of nitrogens with zero attached hydrogens (tertiary/aromatic N) is 2. The van der Waals surface area contributed by atoms with Crippen molar-refractivity contribution in [3.63, 3.8) is 0 Å². The van der Waals surface area contributed by atoms with Crippen molar-refractivity contribution in [2.24, 2.45) is 0 Å². The van der Waals surface area contributed by atoms with Crippen LogP contribution in [0, 0.1) is 0 Å². The van der Waals surface area contributed by atoms with E-state index in [2.05, 4.69) is 40.9 Å². The highest BCUT2D eigenvalue weighted by molar-refractivity contribution is 6.33. The fraction of sp³-hybridized carbons (Fsp3) is 0.350. The Morgan fingerprint density at radius 3 is 2.67 bits per heavy atom. The van der Waals surface area contributed by atoms with Crippen molar-refractivity contribution >= 4 is 23.1 Å². The minimum Gasteiger partial charge on any atom is -0.367 e. The van der Waals surface area contributed by atoms with Gasteiger partial charge in [-0.3, -0.25) is 4.40 Å². The van der Waals surface area contributed by atoms with E-state index in [1.165, 1.54) is 31.4 Å². The first-order valence-electron chi connectivity index (χ1n) is 8.79. The van der Waals surface area contributed by atoms with Crippen LogP contribution in [-0.4, -0.2) is 15.4 Å². The van der Waals surface area contributed by atoms with Gasteiger partial charge in [0.25, 0.3) is 0 Å². The molecular weight excluding hydrogens is 318 g/mol. The van der Waals surface area contributed by atoms with Crippen molar-refractivity contribution in [3.05, 3.63) is 53.2 Å². The average Bonchev–Trinajstić information content (AvgIpc) is 3.24. The van der Waals surface area contributed by atoms with Crippen molar-refractivity contribution in [2.75, 3.05) is 5.32 Å². The third-order valence-electron chi connectivity index (χ3n) is 4.91. The van der Waals surface area contributed by atoms with E-state index in [1.54, 1.807) is 0 Å². The molecule has 0 bridgehead atoms. The number of fused-ring (bicyclic) bond motifs is 1. The zero-order valence-electron chi connectivity index (χ0n) is 13.9. The van der Waals surface area contributed by atoms with Crippen LogP contribution in [0.1, 0.15) is 38.3 Å². The molecule has 1 aliphatic carbocycles. The summed E-state index contributed by atoms with van der Waals surface area (Å²) in [5.41, 5.74) is 4.18.